The maximum absolute atomic E-state index is 10.3. The molecule has 0 aliphatic heterocycles. The molecular formula is C2H8AlO4S2. The lowest BCUT2D eigenvalue weighted by Crippen LogP contribution is -2.17. The summed E-state index contributed by atoms with van der Waals surface area (Å²) in [5.41, 5.74) is 0. The minimum absolute atomic E-state index is 0. The summed E-state index contributed by atoms with van der Waals surface area (Å²) in [4.78, 5) is 0. The Kier molecular flexibility index (Phi) is 2.71. The molecule has 0 aliphatic carbocycles. The number of rotatable bonds is 2. The highest BCUT2D eigenvalue weighted by atomic mass is 32.5. The van der Waals surface area contributed by atoms with Crippen LogP contribution in [0.2, 0.25) is 0 Å². The van der Waals surface area contributed by atoms with Gasteiger partial charge < -0.3 is 0 Å². The molecule has 0 rings (SSSR count). The van der Waals surface area contributed by atoms with Crippen LogP contribution in [-0.2, 0) is 16.4 Å². The van der Waals surface area contributed by atoms with E-state index in [2.05, 4.69) is 0 Å². The molecule has 0 fully saturated rings. The second kappa shape index (κ2) is 2.58. The molecule has 0 amide bonds. The molecule has 1 radical (unpaired) electrons. The van der Waals surface area contributed by atoms with E-state index in [4.69, 9.17) is 0 Å². The zero-order valence-electron chi connectivity index (χ0n) is 5.03. The van der Waals surface area contributed by atoms with Crippen molar-refractivity contribution in [2.45, 2.75) is 0 Å². The van der Waals surface area contributed by atoms with Crippen molar-refractivity contribution in [3.8, 4) is 0 Å². The largest absolute Gasteiger partial charge is 0.605 e. The van der Waals surface area contributed by atoms with Crippen LogP contribution >= 0.6 is 0 Å². The highest BCUT2D eigenvalue weighted by Crippen LogP contribution is 1.85. The molecule has 0 atom stereocenters. The van der Waals surface area contributed by atoms with E-state index in [9.17, 15) is 16.8 Å². The first-order chi connectivity index (χ1) is 3.71. The summed E-state index contributed by atoms with van der Waals surface area (Å²) < 4.78 is 41.2. The summed E-state index contributed by atoms with van der Waals surface area (Å²) in [6.45, 7) is 0. The van der Waals surface area contributed by atoms with E-state index in [0.29, 0.717) is 0 Å². The van der Waals surface area contributed by atoms with Crippen molar-refractivity contribution >= 4 is 29.4 Å². The molecule has 0 heterocycles. The summed E-state index contributed by atoms with van der Waals surface area (Å²) in [6, 6.07) is 0. The second-order valence-electron chi connectivity index (χ2n) is 1.76. The van der Waals surface area contributed by atoms with Gasteiger partial charge in [0.25, 0.3) is 0 Å². The van der Waals surface area contributed by atoms with Gasteiger partial charge in [0, 0.05) is 13.9 Å². The molecule has 0 saturated heterocycles. The molecule has 0 unspecified atom stereocenters. The van der Waals surface area contributed by atoms with Crippen molar-refractivity contribution < 1.29 is 18.3 Å². The van der Waals surface area contributed by atoms with Crippen molar-refractivity contribution in [2.24, 2.45) is 0 Å². The molecule has 7 heteroatoms. The molecular weight excluding hydrogens is 179 g/mol. The lowest BCUT2D eigenvalue weighted by Gasteiger charge is -1.88. The highest BCUT2D eigenvalue weighted by Gasteiger charge is 2.20. The normalized spacial score (nSPS) is 13.1. The van der Waals surface area contributed by atoms with Gasteiger partial charge in [-0.15, -0.1) is 0 Å². The summed E-state index contributed by atoms with van der Waals surface area (Å²) in [7, 11) is -6.57. The van der Waals surface area contributed by atoms with Gasteiger partial charge in [-0.1, -0.05) is 0 Å². The molecule has 0 aromatic carbocycles. The summed E-state index contributed by atoms with van der Waals surface area (Å²) in [5, 5.41) is 0. The Morgan fingerprint density at radius 2 is 1.22 bits per heavy atom. The van der Waals surface area contributed by atoms with Gasteiger partial charge in [0.15, 0.2) is 0 Å². The Balaban J connectivity index is 0. The minimum Gasteiger partial charge on any atom is -0.252 e. The average Bonchev–Trinajstić information content (AvgIpc) is 1.14. The zero-order valence-corrected chi connectivity index (χ0v) is 7.81. The van der Waals surface area contributed by atoms with Crippen LogP contribution in [0, 0.1) is 0 Å². The first-order valence-corrected chi connectivity index (χ1v) is 8.69. The van der Waals surface area contributed by atoms with E-state index in [1.165, 1.54) is 0 Å². The van der Waals surface area contributed by atoms with E-state index in [0.717, 1.165) is 12.5 Å². The van der Waals surface area contributed by atoms with Gasteiger partial charge in [-0.2, -0.15) is 0 Å². The van der Waals surface area contributed by atoms with Crippen LogP contribution in [0.4, 0.5) is 0 Å². The lowest BCUT2D eigenvalue weighted by atomic mass is 12.0. The quantitative estimate of drug-likeness (QED) is 0.512. The first-order valence-electron chi connectivity index (χ1n) is 1.95. The molecule has 0 N–H and O–H groups in total. The van der Waals surface area contributed by atoms with E-state index in [-0.39, 0.29) is 1.43 Å². The Labute approximate surface area is 60.4 Å². The zero-order chi connectivity index (χ0) is 7.71. The molecule has 9 heavy (non-hydrogen) atoms. The van der Waals surface area contributed by atoms with E-state index >= 15 is 0 Å². The van der Waals surface area contributed by atoms with Gasteiger partial charge in [-0.25, -0.2) is 0 Å². The molecule has 0 saturated carbocycles. The van der Waals surface area contributed by atoms with E-state index in [1.54, 1.807) is 0 Å². The molecule has 0 aromatic heterocycles. The van der Waals surface area contributed by atoms with Crippen LogP contribution in [0.3, 0.4) is 0 Å². The first kappa shape index (κ1) is 9.43. The van der Waals surface area contributed by atoms with Crippen LogP contribution in [0.5, 0.6) is 0 Å². The fourth-order valence-corrected chi connectivity index (χ4v) is 8.57. The minimum atomic E-state index is -3.29. The predicted octanol–water partition coefficient (Wildman–Crippen LogP) is -1.14. The highest BCUT2D eigenvalue weighted by molar-refractivity contribution is 8.42. The average molecular weight is 187 g/mol. The van der Waals surface area contributed by atoms with Crippen LogP contribution in [0.25, 0.3) is 0 Å². The maximum atomic E-state index is 10.3. The molecule has 0 aliphatic rings. The van der Waals surface area contributed by atoms with Gasteiger partial charge in [0.1, 0.15) is 0 Å². The van der Waals surface area contributed by atoms with Crippen molar-refractivity contribution in [1.29, 1.82) is 0 Å². The standard InChI is InChI=1S/2CH3O2S.Al.H2/c2*1-4(2)3;;/h2*1H3;;1H. The van der Waals surface area contributed by atoms with Crippen molar-refractivity contribution in [2.75, 3.05) is 12.5 Å². The van der Waals surface area contributed by atoms with Crippen LogP contribution in [-0.4, -0.2) is 42.3 Å². The molecule has 55 valence electrons. The van der Waals surface area contributed by atoms with Crippen LogP contribution in [0.1, 0.15) is 1.43 Å². The third kappa shape index (κ3) is 8.43. The molecule has 0 bridgehead atoms. The number of hydrogen-bond acceptors (Lipinski definition) is 4. The third-order valence-corrected chi connectivity index (χ3v) is 9.44. The van der Waals surface area contributed by atoms with E-state index in [1.807, 2.05) is 0 Å². The van der Waals surface area contributed by atoms with Gasteiger partial charge in [-0.3, -0.25) is 16.8 Å². The van der Waals surface area contributed by atoms with Crippen LogP contribution < -0.4 is 0 Å². The Morgan fingerprint density at radius 3 is 1.22 bits per heavy atom. The summed E-state index contributed by atoms with van der Waals surface area (Å²) in [6.07, 6.45) is 1.84. The molecule has 0 aromatic rings. The smallest absolute Gasteiger partial charge is 0.252 e. The lowest BCUT2D eigenvalue weighted by molar-refractivity contribution is 0.611. The summed E-state index contributed by atoms with van der Waals surface area (Å²) in [5.74, 6) is 0. The monoisotopic (exact) mass is 187 g/mol. The predicted molar refractivity (Wildman–Crippen MR) is 37.6 cm³/mol. The summed E-state index contributed by atoms with van der Waals surface area (Å²) >= 11 is -1.49. The maximum Gasteiger partial charge on any atom is 0.605 e. The van der Waals surface area contributed by atoms with E-state index < -0.39 is 29.4 Å². The Hall–Kier alpha value is 0.432. The molecule has 4 nitrogen and oxygen atoms in total. The molecule has 0 spiro atoms. The Bertz CT molecular complexity index is 246. The topological polar surface area (TPSA) is 68.3 Å². The Morgan fingerprint density at radius 1 is 1.00 bits per heavy atom. The van der Waals surface area contributed by atoms with Gasteiger partial charge in [0.05, 0.1) is 16.4 Å². The van der Waals surface area contributed by atoms with Crippen molar-refractivity contribution in [1.82, 2.24) is 0 Å². The fraction of sp³-hybridized carbons (Fsp3) is 1.00. The van der Waals surface area contributed by atoms with Gasteiger partial charge in [-0.05, 0) is 0 Å². The van der Waals surface area contributed by atoms with Crippen LogP contribution in [0.15, 0.2) is 0 Å². The van der Waals surface area contributed by atoms with Crippen molar-refractivity contribution in [3.63, 3.8) is 0 Å². The second-order valence-corrected chi connectivity index (χ2v) is 12.7. The SMILES string of the molecule is C[S](=O)(=O)[Al][S](C)(=O)=O.[HH]. The number of hydrogen-bond donors (Lipinski definition) is 0. The fourth-order valence-electron chi connectivity index (χ4n) is 0.318. The van der Waals surface area contributed by atoms with Crippen molar-refractivity contribution in [3.05, 3.63) is 0 Å². The van der Waals surface area contributed by atoms with Gasteiger partial charge in [0.2, 0.25) is 0 Å². The van der Waals surface area contributed by atoms with Gasteiger partial charge >= 0.3 is 13.0 Å². The third-order valence-electron chi connectivity index (χ3n) is 0.350.